The number of phenols is 1. The molecule has 0 unspecified atom stereocenters. The fourth-order valence-electron chi connectivity index (χ4n) is 3.09. The number of rotatable bonds is 8. The predicted molar refractivity (Wildman–Crippen MR) is 144 cm³/mol. The van der Waals surface area contributed by atoms with E-state index in [1.54, 1.807) is 38.5 Å². The Morgan fingerprint density at radius 3 is 2.77 bits per heavy atom. The van der Waals surface area contributed by atoms with Crippen LogP contribution in [0.3, 0.4) is 0 Å². The standard InChI is InChI=1S/C24H19Cl2N3O4S2/c1-32-16-4-6-20(33-2)19(10-16)28-22(30)12-34-24-29-18-5-3-15(9-21(18)35-24)27-11-13-7-14(25)8-17(26)23(13)31/h3-11,31H,12H2,1-2H3,(H,28,30). The first-order chi connectivity index (χ1) is 16.9. The van der Waals surface area contributed by atoms with Crippen LogP contribution >= 0.6 is 46.3 Å². The van der Waals surface area contributed by atoms with Gasteiger partial charge in [-0.05, 0) is 42.5 Å². The Morgan fingerprint density at radius 2 is 2.00 bits per heavy atom. The van der Waals surface area contributed by atoms with Gasteiger partial charge in [0.1, 0.15) is 17.2 Å². The highest BCUT2D eigenvalue weighted by molar-refractivity contribution is 8.01. The first kappa shape index (κ1) is 25.1. The highest BCUT2D eigenvalue weighted by atomic mass is 35.5. The number of hydrogen-bond acceptors (Lipinski definition) is 8. The van der Waals surface area contributed by atoms with Gasteiger partial charge in [0.25, 0.3) is 0 Å². The second-order valence-corrected chi connectivity index (χ2v) is 10.2. The van der Waals surface area contributed by atoms with Crippen molar-refractivity contribution in [1.29, 1.82) is 0 Å². The highest BCUT2D eigenvalue weighted by Gasteiger charge is 2.12. The van der Waals surface area contributed by atoms with Crippen molar-refractivity contribution in [3.63, 3.8) is 0 Å². The number of anilines is 1. The Labute approximate surface area is 219 Å². The van der Waals surface area contributed by atoms with E-state index in [0.29, 0.717) is 33.5 Å². The molecular weight excluding hydrogens is 529 g/mol. The number of halogens is 2. The molecule has 11 heteroatoms. The maximum atomic E-state index is 12.5. The molecule has 0 aliphatic carbocycles. The summed E-state index contributed by atoms with van der Waals surface area (Å²) in [6, 6.07) is 13.8. The van der Waals surface area contributed by atoms with Crippen molar-refractivity contribution >= 4 is 80.0 Å². The quantitative estimate of drug-likeness (QED) is 0.186. The molecule has 0 radical (unpaired) electrons. The molecule has 4 rings (SSSR count). The zero-order chi connectivity index (χ0) is 24.9. The number of nitrogens with zero attached hydrogens (tertiary/aromatic N) is 2. The third kappa shape index (κ3) is 6.18. The number of methoxy groups -OCH3 is 2. The van der Waals surface area contributed by atoms with Gasteiger partial charge >= 0.3 is 0 Å². The molecule has 0 atom stereocenters. The molecule has 0 spiro atoms. The summed E-state index contributed by atoms with van der Waals surface area (Å²) in [5.41, 5.74) is 2.44. The average Bonchev–Trinajstić information content (AvgIpc) is 3.26. The lowest BCUT2D eigenvalue weighted by atomic mass is 10.2. The number of amides is 1. The normalized spacial score (nSPS) is 11.2. The number of benzene rings is 3. The van der Waals surface area contributed by atoms with Crippen LogP contribution in [0.4, 0.5) is 11.4 Å². The average molecular weight is 548 g/mol. The number of phenolic OH excluding ortho intramolecular Hbond substituents is 1. The Balaban J connectivity index is 1.43. The van der Waals surface area contributed by atoms with Gasteiger partial charge in [-0.25, -0.2) is 4.98 Å². The van der Waals surface area contributed by atoms with Gasteiger partial charge in [-0.15, -0.1) is 11.3 Å². The van der Waals surface area contributed by atoms with Crippen molar-refractivity contribution in [3.05, 3.63) is 64.1 Å². The number of aliphatic imine (C=N–C) groups is 1. The Hall–Kier alpha value is -2.98. The topological polar surface area (TPSA) is 93.0 Å². The Bertz CT molecular complexity index is 1430. The van der Waals surface area contributed by atoms with E-state index in [2.05, 4.69) is 15.3 Å². The van der Waals surface area contributed by atoms with Gasteiger partial charge in [0, 0.05) is 22.9 Å². The molecule has 1 amide bonds. The van der Waals surface area contributed by atoms with E-state index in [9.17, 15) is 9.90 Å². The van der Waals surface area contributed by atoms with Gasteiger partial charge in [-0.1, -0.05) is 35.0 Å². The van der Waals surface area contributed by atoms with Crippen LogP contribution in [0.15, 0.2) is 57.9 Å². The lowest BCUT2D eigenvalue weighted by molar-refractivity contribution is -0.113. The van der Waals surface area contributed by atoms with Crippen molar-refractivity contribution in [1.82, 2.24) is 4.98 Å². The summed E-state index contributed by atoms with van der Waals surface area (Å²) in [6.07, 6.45) is 1.50. The van der Waals surface area contributed by atoms with Crippen molar-refractivity contribution in [2.45, 2.75) is 4.34 Å². The summed E-state index contributed by atoms with van der Waals surface area (Å²) in [7, 11) is 3.10. The number of aromatic hydroxyl groups is 1. The molecule has 0 aliphatic heterocycles. The van der Waals surface area contributed by atoms with Gasteiger partial charge in [-0.2, -0.15) is 0 Å². The fourth-order valence-corrected chi connectivity index (χ4v) is 5.50. The van der Waals surface area contributed by atoms with Gasteiger partial charge in [0.2, 0.25) is 5.91 Å². The first-order valence-electron chi connectivity index (χ1n) is 10.1. The number of hydrogen-bond donors (Lipinski definition) is 2. The smallest absolute Gasteiger partial charge is 0.234 e. The second kappa shape index (κ2) is 11.2. The maximum Gasteiger partial charge on any atom is 0.234 e. The third-order valence-corrected chi connectivity index (χ3v) is 7.44. The summed E-state index contributed by atoms with van der Waals surface area (Å²) in [5.74, 6) is 1.07. The van der Waals surface area contributed by atoms with E-state index in [-0.39, 0.29) is 22.4 Å². The molecule has 0 saturated carbocycles. The molecule has 0 saturated heterocycles. The fraction of sp³-hybridized carbons (Fsp3) is 0.125. The van der Waals surface area contributed by atoms with Crippen molar-refractivity contribution in [2.75, 3.05) is 25.3 Å². The van der Waals surface area contributed by atoms with E-state index in [1.807, 2.05) is 18.2 Å². The number of ether oxygens (including phenoxy) is 2. The number of thioether (sulfide) groups is 1. The number of carbonyl (C=O) groups excluding carboxylic acids is 1. The number of thiazole rings is 1. The lowest BCUT2D eigenvalue weighted by Crippen LogP contribution is -2.14. The van der Waals surface area contributed by atoms with Gasteiger partial charge in [0.05, 0.1) is 46.6 Å². The molecule has 1 aromatic heterocycles. The van der Waals surface area contributed by atoms with Crippen LogP contribution in [0.5, 0.6) is 17.2 Å². The molecule has 35 heavy (non-hydrogen) atoms. The van der Waals surface area contributed by atoms with Crippen LogP contribution in [-0.4, -0.2) is 42.2 Å². The zero-order valence-corrected chi connectivity index (χ0v) is 21.7. The van der Waals surface area contributed by atoms with Crippen molar-refractivity contribution in [2.24, 2.45) is 4.99 Å². The summed E-state index contributed by atoms with van der Waals surface area (Å²) in [4.78, 5) is 21.5. The summed E-state index contributed by atoms with van der Waals surface area (Å²) < 4.78 is 12.2. The lowest BCUT2D eigenvalue weighted by Gasteiger charge is -2.11. The summed E-state index contributed by atoms with van der Waals surface area (Å²) in [5, 5.41) is 13.5. The number of aromatic nitrogens is 1. The predicted octanol–water partition coefficient (Wildman–Crippen LogP) is 6.81. The minimum Gasteiger partial charge on any atom is -0.506 e. The van der Waals surface area contributed by atoms with Crippen LogP contribution in [0.25, 0.3) is 10.2 Å². The number of carbonyl (C=O) groups is 1. The number of fused-ring (bicyclic) bond motifs is 1. The minimum absolute atomic E-state index is 0.0813. The monoisotopic (exact) mass is 547 g/mol. The van der Waals surface area contributed by atoms with E-state index >= 15 is 0 Å². The van der Waals surface area contributed by atoms with Gasteiger partial charge in [-0.3, -0.25) is 9.79 Å². The van der Waals surface area contributed by atoms with E-state index in [0.717, 1.165) is 14.6 Å². The summed E-state index contributed by atoms with van der Waals surface area (Å²) in [6.45, 7) is 0. The van der Waals surface area contributed by atoms with Gasteiger partial charge in [0.15, 0.2) is 4.34 Å². The van der Waals surface area contributed by atoms with Crippen molar-refractivity contribution in [3.8, 4) is 17.2 Å². The molecule has 0 aliphatic rings. The van der Waals surface area contributed by atoms with Crippen molar-refractivity contribution < 1.29 is 19.4 Å². The van der Waals surface area contributed by atoms with Crippen LogP contribution in [0, 0.1) is 0 Å². The van der Waals surface area contributed by atoms with E-state index in [4.69, 9.17) is 32.7 Å². The van der Waals surface area contributed by atoms with Gasteiger partial charge < -0.3 is 19.9 Å². The molecule has 7 nitrogen and oxygen atoms in total. The van der Waals surface area contributed by atoms with Crippen LogP contribution in [-0.2, 0) is 4.79 Å². The maximum absolute atomic E-state index is 12.5. The SMILES string of the molecule is COc1ccc(OC)c(NC(=O)CSc2nc3ccc(N=Cc4cc(Cl)cc(Cl)c4O)cc3s2)c1. The molecule has 0 bridgehead atoms. The molecule has 2 N–H and O–H groups in total. The molecule has 1 heterocycles. The summed E-state index contributed by atoms with van der Waals surface area (Å²) >= 11 is 14.8. The molecule has 0 fully saturated rings. The van der Waals surface area contributed by atoms with Crippen LogP contribution in [0.1, 0.15) is 5.56 Å². The molecular formula is C24H19Cl2N3O4S2. The highest BCUT2D eigenvalue weighted by Crippen LogP contribution is 2.34. The molecule has 3 aromatic carbocycles. The second-order valence-electron chi connectivity index (χ2n) is 7.12. The minimum atomic E-state index is -0.189. The van der Waals surface area contributed by atoms with Crippen LogP contribution < -0.4 is 14.8 Å². The Kier molecular flexibility index (Phi) is 8.02. The molecule has 180 valence electrons. The zero-order valence-electron chi connectivity index (χ0n) is 18.5. The van der Waals surface area contributed by atoms with Crippen LogP contribution in [0.2, 0.25) is 10.0 Å². The van der Waals surface area contributed by atoms with E-state index < -0.39 is 0 Å². The first-order valence-corrected chi connectivity index (χ1v) is 12.7. The van der Waals surface area contributed by atoms with E-state index in [1.165, 1.54) is 35.4 Å². The Morgan fingerprint density at radius 1 is 1.17 bits per heavy atom. The third-order valence-electron chi connectivity index (χ3n) is 4.77. The number of nitrogens with one attached hydrogen (secondary N) is 1. The largest absolute Gasteiger partial charge is 0.506 e. The molecule has 4 aromatic rings.